The third-order valence-electron chi connectivity index (χ3n) is 3.06. The first-order valence-corrected chi connectivity index (χ1v) is 6.29. The number of aromatic nitrogens is 1. The van der Waals surface area contributed by atoms with E-state index in [9.17, 15) is 0 Å². The van der Waals surface area contributed by atoms with Gasteiger partial charge in [0.2, 0.25) is 0 Å². The van der Waals surface area contributed by atoms with Crippen LogP contribution in [0.3, 0.4) is 0 Å². The van der Waals surface area contributed by atoms with Crippen LogP contribution in [0.4, 0.5) is 0 Å². The van der Waals surface area contributed by atoms with E-state index < -0.39 is 0 Å². The summed E-state index contributed by atoms with van der Waals surface area (Å²) in [5, 5.41) is 0. The number of rotatable bonds is 6. The van der Waals surface area contributed by atoms with Crippen molar-refractivity contribution in [1.29, 1.82) is 0 Å². The molecule has 0 fully saturated rings. The molecule has 0 spiro atoms. The molecule has 0 amide bonds. The lowest BCUT2D eigenvalue weighted by Gasteiger charge is -2.05. The van der Waals surface area contributed by atoms with E-state index in [0.717, 1.165) is 25.1 Å². The minimum atomic E-state index is 0.711. The van der Waals surface area contributed by atoms with E-state index in [1.165, 1.54) is 11.1 Å². The lowest BCUT2D eigenvalue weighted by molar-refractivity contribution is 0.414. The molecular formula is C15H20N2O. The zero-order valence-electron chi connectivity index (χ0n) is 10.8. The van der Waals surface area contributed by atoms with Crippen molar-refractivity contribution >= 4 is 0 Å². The predicted molar refractivity (Wildman–Crippen MR) is 73.9 cm³/mol. The van der Waals surface area contributed by atoms with Crippen molar-refractivity contribution in [3.8, 4) is 5.75 Å². The Morgan fingerprint density at radius 2 is 1.83 bits per heavy atom. The van der Waals surface area contributed by atoms with Crippen molar-refractivity contribution in [2.45, 2.75) is 19.4 Å². The second-order valence-electron chi connectivity index (χ2n) is 4.39. The minimum absolute atomic E-state index is 0.711. The Morgan fingerprint density at radius 1 is 1.06 bits per heavy atom. The Labute approximate surface area is 108 Å². The van der Waals surface area contributed by atoms with Gasteiger partial charge in [-0.25, -0.2) is 0 Å². The van der Waals surface area contributed by atoms with Crippen LogP contribution in [0.25, 0.3) is 0 Å². The quantitative estimate of drug-likeness (QED) is 0.846. The third-order valence-corrected chi connectivity index (χ3v) is 3.06. The maximum absolute atomic E-state index is 5.54. The van der Waals surface area contributed by atoms with Gasteiger partial charge in [-0.05, 0) is 48.7 Å². The molecule has 3 nitrogen and oxygen atoms in total. The Hall–Kier alpha value is -1.74. The van der Waals surface area contributed by atoms with Crippen LogP contribution in [0.2, 0.25) is 0 Å². The summed E-state index contributed by atoms with van der Waals surface area (Å²) in [5.41, 5.74) is 8.18. The monoisotopic (exact) mass is 244 g/mol. The summed E-state index contributed by atoms with van der Waals surface area (Å²) in [7, 11) is 1.69. The van der Waals surface area contributed by atoms with E-state index in [2.05, 4.69) is 35.2 Å². The number of methoxy groups -OCH3 is 1. The normalized spacial score (nSPS) is 10.6. The van der Waals surface area contributed by atoms with Gasteiger partial charge in [-0.1, -0.05) is 12.1 Å². The molecule has 18 heavy (non-hydrogen) atoms. The van der Waals surface area contributed by atoms with Crippen LogP contribution in [0.5, 0.6) is 5.75 Å². The van der Waals surface area contributed by atoms with Crippen molar-refractivity contribution in [2.24, 2.45) is 5.73 Å². The molecule has 0 saturated carbocycles. The average molecular weight is 244 g/mol. The highest BCUT2D eigenvalue weighted by atomic mass is 16.5. The summed E-state index contributed by atoms with van der Waals surface area (Å²) < 4.78 is 7.36. The van der Waals surface area contributed by atoms with Gasteiger partial charge in [-0.15, -0.1) is 0 Å². The van der Waals surface area contributed by atoms with Crippen molar-refractivity contribution in [2.75, 3.05) is 13.7 Å². The van der Waals surface area contributed by atoms with E-state index in [4.69, 9.17) is 10.5 Å². The molecule has 96 valence electrons. The van der Waals surface area contributed by atoms with Gasteiger partial charge in [-0.3, -0.25) is 0 Å². The van der Waals surface area contributed by atoms with Gasteiger partial charge in [0.1, 0.15) is 5.75 Å². The summed E-state index contributed by atoms with van der Waals surface area (Å²) in [5.74, 6) is 0.907. The predicted octanol–water partition coefficient (Wildman–Crippen LogP) is 2.24. The van der Waals surface area contributed by atoms with E-state index in [-0.39, 0.29) is 0 Å². The topological polar surface area (TPSA) is 40.2 Å². The molecular weight excluding hydrogens is 224 g/mol. The molecule has 1 aromatic heterocycles. The average Bonchev–Trinajstić information content (AvgIpc) is 2.85. The summed E-state index contributed by atoms with van der Waals surface area (Å²) in [4.78, 5) is 0. The number of nitrogens with two attached hydrogens (primary N) is 1. The number of ether oxygens (including phenoxy) is 1. The number of benzene rings is 1. The molecule has 0 bridgehead atoms. The first-order valence-electron chi connectivity index (χ1n) is 6.29. The van der Waals surface area contributed by atoms with Crippen molar-refractivity contribution in [1.82, 2.24) is 4.57 Å². The maximum Gasteiger partial charge on any atom is 0.118 e. The van der Waals surface area contributed by atoms with Crippen LogP contribution >= 0.6 is 0 Å². The molecule has 0 atom stereocenters. The fraction of sp³-hybridized carbons (Fsp3) is 0.333. The van der Waals surface area contributed by atoms with Crippen LogP contribution < -0.4 is 10.5 Å². The first kappa shape index (κ1) is 12.7. The van der Waals surface area contributed by atoms with Crippen LogP contribution in [0.1, 0.15) is 11.1 Å². The Bertz CT molecular complexity index is 473. The molecule has 1 heterocycles. The van der Waals surface area contributed by atoms with Crippen molar-refractivity contribution in [3.63, 3.8) is 0 Å². The maximum atomic E-state index is 5.54. The summed E-state index contributed by atoms with van der Waals surface area (Å²) in [6.07, 6.45) is 6.28. The van der Waals surface area contributed by atoms with E-state index >= 15 is 0 Å². The highest BCUT2D eigenvalue weighted by Gasteiger charge is 1.98. The molecule has 0 aliphatic rings. The van der Waals surface area contributed by atoms with Gasteiger partial charge in [0.05, 0.1) is 7.11 Å². The van der Waals surface area contributed by atoms with Gasteiger partial charge in [0.15, 0.2) is 0 Å². The summed E-state index contributed by atoms with van der Waals surface area (Å²) >= 11 is 0. The molecule has 0 aliphatic carbocycles. The van der Waals surface area contributed by atoms with Gasteiger partial charge in [-0.2, -0.15) is 0 Å². The van der Waals surface area contributed by atoms with Gasteiger partial charge in [0.25, 0.3) is 0 Å². The second-order valence-corrected chi connectivity index (χ2v) is 4.39. The highest BCUT2D eigenvalue weighted by Crippen LogP contribution is 2.12. The molecule has 1 aromatic carbocycles. The Morgan fingerprint density at radius 3 is 2.50 bits per heavy atom. The number of aryl methyl sites for hydroxylation is 2. The lowest BCUT2D eigenvalue weighted by Crippen LogP contribution is -2.02. The molecule has 0 radical (unpaired) electrons. The minimum Gasteiger partial charge on any atom is -0.497 e. The Kier molecular flexibility index (Phi) is 4.42. The molecule has 3 heteroatoms. The zero-order chi connectivity index (χ0) is 12.8. The van der Waals surface area contributed by atoms with E-state index in [1.54, 1.807) is 7.11 Å². The molecule has 2 N–H and O–H groups in total. The van der Waals surface area contributed by atoms with Crippen LogP contribution in [0.15, 0.2) is 42.7 Å². The number of hydrogen-bond acceptors (Lipinski definition) is 2. The fourth-order valence-corrected chi connectivity index (χ4v) is 1.99. The van der Waals surface area contributed by atoms with Crippen LogP contribution in [-0.2, 0) is 19.4 Å². The van der Waals surface area contributed by atoms with Gasteiger partial charge in [0, 0.05) is 18.9 Å². The van der Waals surface area contributed by atoms with Crippen molar-refractivity contribution in [3.05, 3.63) is 53.9 Å². The molecule has 2 rings (SSSR count). The largest absolute Gasteiger partial charge is 0.497 e. The smallest absolute Gasteiger partial charge is 0.118 e. The molecule has 0 unspecified atom stereocenters. The van der Waals surface area contributed by atoms with Gasteiger partial charge >= 0.3 is 0 Å². The standard InChI is InChI=1S/C15H20N2O/c1-18-15-4-2-13(3-5-15)7-10-17-11-8-14(12-17)6-9-16/h2-5,8,11-12H,6-7,9-10,16H2,1H3. The SMILES string of the molecule is COc1ccc(CCn2ccc(CCN)c2)cc1. The Balaban J connectivity index is 1.89. The lowest BCUT2D eigenvalue weighted by atomic mass is 10.1. The van der Waals surface area contributed by atoms with Crippen LogP contribution in [-0.4, -0.2) is 18.2 Å². The molecule has 2 aromatic rings. The zero-order valence-corrected chi connectivity index (χ0v) is 10.8. The summed E-state index contributed by atoms with van der Waals surface area (Å²) in [6, 6.07) is 10.4. The van der Waals surface area contributed by atoms with E-state index in [0.29, 0.717) is 6.54 Å². The third kappa shape index (κ3) is 3.37. The fourth-order valence-electron chi connectivity index (χ4n) is 1.99. The van der Waals surface area contributed by atoms with Gasteiger partial charge < -0.3 is 15.0 Å². The van der Waals surface area contributed by atoms with E-state index in [1.807, 2.05) is 12.1 Å². The summed E-state index contributed by atoms with van der Waals surface area (Å²) in [6.45, 7) is 1.71. The number of hydrogen-bond donors (Lipinski definition) is 1. The number of nitrogens with zero attached hydrogens (tertiary/aromatic N) is 1. The molecule has 0 saturated heterocycles. The van der Waals surface area contributed by atoms with Crippen LogP contribution in [0, 0.1) is 0 Å². The van der Waals surface area contributed by atoms with Crippen molar-refractivity contribution < 1.29 is 4.74 Å². The first-order chi connectivity index (χ1) is 8.81. The second kappa shape index (κ2) is 6.26. The highest BCUT2D eigenvalue weighted by molar-refractivity contribution is 5.27. The molecule has 0 aliphatic heterocycles.